The third kappa shape index (κ3) is 4.71. The number of methoxy groups -OCH3 is 1. The zero-order valence-corrected chi connectivity index (χ0v) is 17.2. The molecule has 0 saturated heterocycles. The average molecular weight is 464 g/mol. The summed E-state index contributed by atoms with van der Waals surface area (Å²) >= 11 is 6.80. The lowest BCUT2D eigenvalue weighted by Crippen LogP contribution is -2.13. The van der Waals surface area contributed by atoms with Crippen LogP contribution < -0.4 is 10.1 Å². The van der Waals surface area contributed by atoms with Crippen molar-refractivity contribution in [2.45, 2.75) is 13.8 Å². The van der Waals surface area contributed by atoms with Gasteiger partial charge in [0.05, 0.1) is 11.6 Å². The van der Waals surface area contributed by atoms with Crippen LogP contribution in [-0.2, 0) is 4.79 Å². The molecular weight excluding hydrogens is 448 g/mol. The predicted molar refractivity (Wildman–Crippen MR) is 107 cm³/mol. The van der Waals surface area contributed by atoms with E-state index < -0.39 is 5.91 Å². The summed E-state index contributed by atoms with van der Waals surface area (Å²) in [4.78, 5) is 12.4. The Morgan fingerprint density at radius 2 is 1.92 bits per heavy atom. The Hall–Kier alpha value is -2.10. The quantitative estimate of drug-likeness (QED) is 0.488. The molecule has 2 aromatic rings. The molecule has 0 aromatic heterocycles. The number of hydrogen-bond acceptors (Lipinski definition) is 3. The van der Waals surface area contributed by atoms with Gasteiger partial charge in [-0.1, -0.05) is 22.0 Å². The fourth-order valence-electron chi connectivity index (χ4n) is 2.22. The number of rotatable bonds is 4. The number of nitrogens with zero attached hydrogens (tertiary/aromatic N) is 1. The van der Waals surface area contributed by atoms with Gasteiger partial charge in [-0.15, -0.1) is 0 Å². The Bertz CT molecular complexity index is 899. The van der Waals surface area contributed by atoms with E-state index in [1.165, 1.54) is 13.2 Å². The van der Waals surface area contributed by atoms with E-state index in [1.54, 1.807) is 6.07 Å². The molecule has 1 N–H and O–H groups in total. The summed E-state index contributed by atoms with van der Waals surface area (Å²) in [5.74, 6) is 0.0823. The minimum Gasteiger partial charge on any atom is -0.495 e. The molecule has 128 valence electrons. The summed E-state index contributed by atoms with van der Waals surface area (Å²) in [5, 5.41) is 12.1. The standard InChI is InChI=1S/C19H16Br2N2O2/c1-11-4-5-16(6-12(11)2)23-19(24)14(10-22)7-13-8-15(20)9-17(21)18(13)25-3/h4-9H,1-3H3,(H,23,24)/b14-7+. The second kappa shape index (κ2) is 8.32. The molecule has 0 heterocycles. The van der Waals surface area contributed by atoms with Gasteiger partial charge >= 0.3 is 0 Å². The van der Waals surface area contributed by atoms with Gasteiger partial charge < -0.3 is 10.1 Å². The number of benzene rings is 2. The third-order valence-electron chi connectivity index (χ3n) is 3.67. The highest BCUT2D eigenvalue weighted by atomic mass is 79.9. The van der Waals surface area contributed by atoms with E-state index in [0.29, 0.717) is 17.0 Å². The molecule has 0 aliphatic rings. The van der Waals surface area contributed by atoms with Crippen LogP contribution in [0.25, 0.3) is 6.08 Å². The molecule has 0 bridgehead atoms. The van der Waals surface area contributed by atoms with Crippen molar-refractivity contribution < 1.29 is 9.53 Å². The number of halogens is 2. The molecule has 25 heavy (non-hydrogen) atoms. The Morgan fingerprint density at radius 1 is 1.20 bits per heavy atom. The van der Waals surface area contributed by atoms with Gasteiger partial charge in [0.15, 0.2) is 0 Å². The number of nitriles is 1. The lowest BCUT2D eigenvalue weighted by atomic mass is 10.1. The van der Waals surface area contributed by atoms with Gasteiger partial charge in [-0.25, -0.2) is 0 Å². The molecular formula is C19H16Br2N2O2. The van der Waals surface area contributed by atoms with E-state index in [2.05, 4.69) is 37.2 Å². The van der Waals surface area contributed by atoms with Gasteiger partial charge in [-0.3, -0.25) is 4.79 Å². The molecule has 2 rings (SSSR count). The van der Waals surface area contributed by atoms with E-state index in [-0.39, 0.29) is 5.57 Å². The number of anilines is 1. The van der Waals surface area contributed by atoms with Crippen LogP contribution in [0, 0.1) is 25.2 Å². The summed E-state index contributed by atoms with van der Waals surface area (Å²) in [6, 6.07) is 11.2. The fourth-order valence-corrected chi connectivity index (χ4v) is 3.64. The van der Waals surface area contributed by atoms with Crippen LogP contribution in [0.1, 0.15) is 16.7 Å². The first-order valence-electron chi connectivity index (χ1n) is 7.39. The van der Waals surface area contributed by atoms with E-state index >= 15 is 0 Å². The van der Waals surface area contributed by atoms with Crippen LogP contribution in [0.5, 0.6) is 5.75 Å². The molecule has 6 heteroatoms. The topological polar surface area (TPSA) is 62.1 Å². The highest BCUT2D eigenvalue weighted by Crippen LogP contribution is 2.34. The first-order chi connectivity index (χ1) is 11.8. The number of carbonyl (C=O) groups excluding carboxylic acids is 1. The smallest absolute Gasteiger partial charge is 0.266 e. The minimum absolute atomic E-state index is 0.0125. The van der Waals surface area contributed by atoms with E-state index in [1.807, 2.05) is 44.2 Å². The van der Waals surface area contributed by atoms with Gasteiger partial charge in [0.1, 0.15) is 17.4 Å². The number of ether oxygens (including phenoxy) is 1. The lowest BCUT2D eigenvalue weighted by Gasteiger charge is -2.10. The van der Waals surface area contributed by atoms with Gasteiger partial charge in [0.25, 0.3) is 5.91 Å². The van der Waals surface area contributed by atoms with Crippen molar-refractivity contribution in [3.63, 3.8) is 0 Å². The average Bonchev–Trinajstić information content (AvgIpc) is 2.55. The Labute approximate surface area is 163 Å². The Kier molecular flexibility index (Phi) is 6.40. The molecule has 2 aromatic carbocycles. The second-order valence-electron chi connectivity index (χ2n) is 5.43. The summed E-state index contributed by atoms with van der Waals surface area (Å²) in [6.07, 6.45) is 1.50. The summed E-state index contributed by atoms with van der Waals surface area (Å²) in [7, 11) is 1.53. The molecule has 1 amide bonds. The van der Waals surface area contributed by atoms with Crippen molar-refractivity contribution in [2.24, 2.45) is 0 Å². The van der Waals surface area contributed by atoms with Crippen molar-refractivity contribution in [3.05, 3.63) is 61.5 Å². The van der Waals surface area contributed by atoms with E-state index in [4.69, 9.17) is 4.74 Å². The molecule has 0 spiro atoms. The zero-order valence-electron chi connectivity index (χ0n) is 14.0. The largest absolute Gasteiger partial charge is 0.495 e. The maximum absolute atomic E-state index is 12.4. The van der Waals surface area contributed by atoms with Crippen LogP contribution in [0.2, 0.25) is 0 Å². The summed E-state index contributed by atoms with van der Waals surface area (Å²) < 4.78 is 6.88. The van der Waals surface area contributed by atoms with Crippen LogP contribution in [0.15, 0.2) is 44.9 Å². The van der Waals surface area contributed by atoms with Crippen molar-refractivity contribution in [2.75, 3.05) is 12.4 Å². The van der Waals surface area contributed by atoms with Gasteiger partial charge in [-0.05, 0) is 71.2 Å². The first kappa shape index (κ1) is 19.2. The SMILES string of the molecule is COc1c(Br)cc(Br)cc1/C=C(\C#N)C(=O)Nc1ccc(C)c(C)c1. The molecule has 0 unspecified atom stereocenters. The number of aryl methyl sites for hydroxylation is 2. The van der Waals surface area contributed by atoms with Gasteiger partial charge in [-0.2, -0.15) is 5.26 Å². The molecule has 0 saturated carbocycles. The second-order valence-corrected chi connectivity index (χ2v) is 7.20. The molecule has 4 nitrogen and oxygen atoms in total. The van der Waals surface area contributed by atoms with Crippen molar-refractivity contribution in [1.29, 1.82) is 5.26 Å². The van der Waals surface area contributed by atoms with Gasteiger partial charge in [0, 0.05) is 15.7 Å². The lowest BCUT2D eigenvalue weighted by molar-refractivity contribution is -0.112. The van der Waals surface area contributed by atoms with Gasteiger partial charge in [0.2, 0.25) is 0 Å². The van der Waals surface area contributed by atoms with Crippen LogP contribution in [-0.4, -0.2) is 13.0 Å². The normalized spacial score (nSPS) is 11.0. The summed E-state index contributed by atoms with van der Waals surface area (Å²) in [6.45, 7) is 3.97. The highest BCUT2D eigenvalue weighted by Gasteiger charge is 2.14. The number of amides is 1. The molecule has 0 atom stereocenters. The van der Waals surface area contributed by atoms with Crippen LogP contribution >= 0.6 is 31.9 Å². The highest BCUT2D eigenvalue weighted by molar-refractivity contribution is 9.11. The van der Waals surface area contributed by atoms with E-state index in [9.17, 15) is 10.1 Å². The molecule has 0 radical (unpaired) electrons. The maximum Gasteiger partial charge on any atom is 0.266 e. The van der Waals surface area contributed by atoms with Crippen LogP contribution in [0.3, 0.4) is 0 Å². The van der Waals surface area contributed by atoms with Crippen molar-refractivity contribution >= 4 is 49.5 Å². The molecule has 0 fully saturated rings. The first-order valence-corrected chi connectivity index (χ1v) is 8.97. The summed E-state index contributed by atoms with van der Waals surface area (Å²) in [5.41, 5.74) is 3.46. The molecule has 0 aliphatic heterocycles. The van der Waals surface area contributed by atoms with Crippen molar-refractivity contribution in [3.8, 4) is 11.8 Å². The fraction of sp³-hybridized carbons (Fsp3) is 0.158. The zero-order chi connectivity index (χ0) is 18.6. The number of hydrogen-bond donors (Lipinski definition) is 1. The van der Waals surface area contributed by atoms with E-state index in [0.717, 1.165) is 20.1 Å². The van der Waals surface area contributed by atoms with Crippen LogP contribution in [0.4, 0.5) is 5.69 Å². The van der Waals surface area contributed by atoms with Crippen molar-refractivity contribution in [1.82, 2.24) is 0 Å². The predicted octanol–water partition coefficient (Wildman–Crippen LogP) is 5.38. The minimum atomic E-state index is -0.469. The molecule has 0 aliphatic carbocycles. The third-order valence-corrected chi connectivity index (χ3v) is 4.72. The number of carbonyl (C=O) groups is 1. The Balaban J connectivity index is 2.36. The maximum atomic E-state index is 12.4. The number of nitrogens with one attached hydrogen (secondary N) is 1. The monoisotopic (exact) mass is 462 g/mol. The Morgan fingerprint density at radius 3 is 2.52 bits per heavy atom.